The predicted molar refractivity (Wildman–Crippen MR) is 65.4 cm³/mol. The van der Waals surface area contributed by atoms with Crippen molar-refractivity contribution >= 4 is 16.2 Å². The fraction of sp³-hybridized carbons (Fsp3) is 0.500. The van der Waals surface area contributed by atoms with Gasteiger partial charge in [-0.05, 0) is 25.8 Å². The summed E-state index contributed by atoms with van der Waals surface area (Å²) in [7, 11) is -3.65. The molecule has 20 heavy (non-hydrogen) atoms. The molecule has 0 bridgehead atoms. The van der Waals surface area contributed by atoms with Crippen molar-refractivity contribution in [1.82, 2.24) is 0 Å². The molecule has 1 atom stereocenters. The van der Waals surface area contributed by atoms with Crippen LogP contribution in [0.2, 0.25) is 0 Å². The van der Waals surface area contributed by atoms with Crippen LogP contribution in [0, 0.1) is 0 Å². The maximum Gasteiger partial charge on any atom is 0.412 e. The molecule has 1 aromatic rings. The Labute approximate surface area is 114 Å². The lowest BCUT2D eigenvalue weighted by Crippen LogP contribution is -2.16. The molecular weight excluding hydrogens is 297 g/mol. The minimum absolute atomic E-state index is 0.113. The Morgan fingerprint density at radius 2 is 2.00 bits per heavy atom. The van der Waals surface area contributed by atoms with Gasteiger partial charge in [0.05, 0.1) is 12.5 Å². The van der Waals surface area contributed by atoms with E-state index in [2.05, 4.69) is 0 Å². The maximum absolute atomic E-state index is 12.6. The van der Waals surface area contributed by atoms with Crippen LogP contribution in [-0.2, 0) is 20.7 Å². The van der Waals surface area contributed by atoms with Crippen molar-refractivity contribution in [2.75, 3.05) is 6.26 Å². The van der Waals surface area contributed by atoms with Gasteiger partial charge in [-0.25, -0.2) is 0 Å². The zero-order valence-corrected chi connectivity index (χ0v) is 11.6. The average Bonchev–Trinajstić information content (AvgIpc) is 2.67. The molecule has 112 valence electrons. The monoisotopic (exact) mass is 310 g/mol. The number of hydrogen-bond donors (Lipinski definition) is 0. The quantitative estimate of drug-likeness (QED) is 0.804. The highest BCUT2D eigenvalue weighted by atomic mass is 32.2. The van der Waals surface area contributed by atoms with E-state index in [0.29, 0.717) is 11.1 Å². The predicted octanol–water partition coefficient (Wildman–Crippen LogP) is 3.21. The molecule has 0 amide bonds. The summed E-state index contributed by atoms with van der Waals surface area (Å²) < 4.78 is 69.9. The Morgan fingerprint density at radius 1 is 1.35 bits per heavy atom. The Bertz CT molecular complexity index is 640. The topological polar surface area (TPSA) is 56.5 Å². The van der Waals surface area contributed by atoms with E-state index in [9.17, 15) is 21.6 Å². The summed E-state index contributed by atoms with van der Waals surface area (Å²) in [6.45, 7) is 1.51. The number of halogens is 3. The molecule has 8 heteroatoms. The molecule has 0 N–H and O–H groups in total. The number of hydrogen-bond acceptors (Lipinski definition) is 4. The second-order valence-electron chi connectivity index (χ2n) is 4.64. The third-order valence-corrected chi connectivity index (χ3v) is 3.67. The fourth-order valence-corrected chi connectivity index (χ4v) is 2.80. The van der Waals surface area contributed by atoms with Crippen molar-refractivity contribution in [2.45, 2.75) is 32.0 Å². The molecule has 2 rings (SSSR count). The first kappa shape index (κ1) is 15.1. The lowest BCUT2D eigenvalue weighted by atomic mass is 9.93. The van der Waals surface area contributed by atoms with Gasteiger partial charge in [-0.3, -0.25) is 4.18 Å². The fourth-order valence-electron chi connectivity index (χ4n) is 2.17. The number of rotatable bonds is 3. The van der Waals surface area contributed by atoms with Crippen molar-refractivity contribution in [2.24, 2.45) is 0 Å². The minimum Gasteiger partial charge on any atom is -0.464 e. The van der Waals surface area contributed by atoms with Gasteiger partial charge in [0.15, 0.2) is 0 Å². The molecular formula is C12H13F3O4S. The van der Waals surface area contributed by atoms with Gasteiger partial charge in [-0.15, -0.1) is 0 Å². The van der Waals surface area contributed by atoms with E-state index < -0.39 is 28.0 Å². The third-order valence-electron chi connectivity index (χ3n) is 3.03. The minimum atomic E-state index is -4.38. The number of fused-ring (bicyclic) bond motifs is 1. The SMILES string of the molecule is CC(OS(C)(=O)=O)c1coc2c1CCC(C(F)(F)F)=C2. The van der Waals surface area contributed by atoms with Crippen LogP contribution in [0.5, 0.6) is 0 Å². The summed E-state index contributed by atoms with van der Waals surface area (Å²) in [5, 5.41) is 0. The van der Waals surface area contributed by atoms with E-state index >= 15 is 0 Å². The molecule has 1 unspecified atom stereocenters. The number of furan rings is 1. The molecule has 0 aliphatic heterocycles. The van der Waals surface area contributed by atoms with E-state index in [1.165, 1.54) is 13.2 Å². The molecule has 1 heterocycles. The zero-order chi connectivity index (χ0) is 15.1. The number of alkyl halides is 3. The third kappa shape index (κ3) is 3.24. The Kier molecular flexibility index (Phi) is 3.72. The molecule has 0 spiro atoms. The second kappa shape index (κ2) is 4.92. The molecule has 1 aliphatic carbocycles. The molecule has 0 aromatic carbocycles. The molecule has 4 nitrogen and oxygen atoms in total. The molecule has 0 fully saturated rings. The van der Waals surface area contributed by atoms with E-state index in [4.69, 9.17) is 8.60 Å². The summed E-state index contributed by atoms with van der Waals surface area (Å²) in [4.78, 5) is 0. The van der Waals surface area contributed by atoms with E-state index in [-0.39, 0.29) is 18.6 Å². The first-order valence-electron chi connectivity index (χ1n) is 5.84. The van der Waals surface area contributed by atoms with E-state index in [0.717, 1.165) is 12.3 Å². The molecule has 1 aliphatic rings. The van der Waals surface area contributed by atoms with Crippen LogP contribution in [0.3, 0.4) is 0 Å². The van der Waals surface area contributed by atoms with Crippen molar-refractivity contribution in [3.05, 3.63) is 28.7 Å². The number of allylic oxidation sites excluding steroid dienone is 1. The summed E-state index contributed by atoms with van der Waals surface area (Å²) in [6.07, 6.45) is -2.07. The average molecular weight is 310 g/mol. The van der Waals surface area contributed by atoms with Gasteiger partial charge in [0.1, 0.15) is 11.9 Å². The maximum atomic E-state index is 12.6. The Morgan fingerprint density at radius 3 is 2.55 bits per heavy atom. The Balaban J connectivity index is 2.31. The van der Waals surface area contributed by atoms with Crippen molar-refractivity contribution in [3.8, 4) is 0 Å². The summed E-state index contributed by atoms with van der Waals surface area (Å²) >= 11 is 0. The highest BCUT2D eigenvalue weighted by molar-refractivity contribution is 7.86. The van der Waals surface area contributed by atoms with Crippen LogP contribution >= 0.6 is 0 Å². The van der Waals surface area contributed by atoms with Crippen LogP contribution in [-0.4, -0.2) is 20.8 Å². The van der Waals surface area contributed by atoms with Gasteiger partial charge in [0.2, 0.25) is 0 Å². The molecule has 0 saturated carbocycles. The van der Waals surface area contributed by atoms with Gasteiger partial charge >= 0.3 is 6.18 Å². The van der Waals surface area contributed by atoms with Crippen LogP contribution in [0.1, 0.15) is 36.3 Å². The summed E-state index contributed by atoms with van der Waals surface area (Å²) in [5.41, 5.74) is 0.375. The van der Waals surface area contributed by atoms with Crippen LogP contribution in [0.4, 0.5) is 13.2 Å². The zero-order valence-electron chi connectivity index (χ0n) is 10.8. The van der Waals surface area contributed by atoms with Crippen LogP contribution in [0.25, 0.3) is 6.08 Å². The lowest BCUT2D eigenvalue weighted by Gasteiger charge is -2.17. The van der Waals surface area contributed by atoms with E-state index in [1.54, 1.807) is 0 Å². The van der Waals surface area contributed by atoms with E-state index in [1.807, 2.05) is 0 Å². The molecule has 1 aromatic heterocycles. The van der Waals surface area contributed by atoms with Gasteiger partial charge in [-0.1, -0.05) is 0 Å². The second-order valence-corrected chi connectivity index (χ2v) is 6.24. The van der Waals surface area contributed by atoms with Crippen molar-refractivity contribution < 1.29 is 30.2 Å². The normalized spacial score (nSPS) is 17.6. The first-order chi connectivity index (χ1) is 9.08. The van der Waals surface area contributed by atoms with Gasteiger partial charge in [0, 0.05) is 16.7 Å². The van der Waals surface area contributed by atoms with Gasteiger partial charge in [-0.2, -0.15) is 21.6 Å². The first-order valence-corrected chi connectivity index (χ1v) is 7.66. The smallest absolute Gasteiger partial charge is 0.412 e. The highest BCUT2D eigenvalue weighted by Crippen LogP contribution is 2.38. The largest absolute Gasteiger partial charge is 0.464 e. The lowest BCUT2D eigenvalue weighted by molar-refractivity contribution is -0.0932. The van der Waals surface area contributed by atoms with Crippen molar-refractivity contribution in [1.29, 1.82) is 0 Å². The van der Waals surface area contributed by atoms with Gasteiger partial charge in [0.25, 0.3) is 10.1 Å². The summed E-state index contributed by atoms with van der Waals surface area (Å²) in [6, 6.07) is 0. The highest BCUT2D eigenvalue weighted by Gasteiger charge is 2.36. The Hall–Kier alpha value is -1.28. The summed E-state index contributed by atoms with van der Waals surface area (Å²) in [5.74, 6) is 0.113. The van der Waals surface area contributed by atoms with Crippen molar-refractivity contribution in [3.63, 3.8) is 0 Å². The van der Waals surface area contributed by atoms with Crippen LogP contribution in [0.15, 0.2) is 16.3 Å². The van der Waals surface area contributed by atoms with Crippen LogP contribution < -0.4 is 0 Å². The molecule has 0 radical (unpaired) electrons. The standard InChI is InChI=1S/C12H13F3O4S/c1-7(19-20(2,16)17)10-6-18-11-5-8(12(13,14)15)3-4-9(10)11/h5-7H,3-4H2,1-2H3. The molecule has 0 saturated heterocycles. The van der Waals surface area contributed by atoms with Gasteiger partial charge < -0.3 is 4.42 Å².